The van der Waals surface area contributed by atoms with E-state index in [0.717, 1.165) is 19.4 Å². The van der Waals surface area contributed by atoms with E-state index in [-0.39, 0.29) is 23.3 Å². The second kappa shape index (κ2) is 7.23. The summed E-state index contributed by atoms with van der Waals surface area (Å²) in [5, 5.41) is 12.2. The quantitative estimate of drug-likeness (QED) is 0.884. The molecule has 0 radical (unpaired) electrons. The van der Waals surface area contributed by atoms with Gasteiger partial charge in [0.25, 0.3) is 0 Å². The summed E-state index contributed by atoms with van der Waals surface area (Å²) >= 11 is 0. The number of nitriles is 1. The molecular formula is C14H20ClN3O2S. The van der Waals surface area contributed by atoms with Crippen LogP contribution in [0.4, 0.5) is 0 Å². The lowest BCUT2D eigenvalue weighted by molar-refractivity contribution is 0.361. The Morgan fingerprint density at radius 1 is 1.43 bits per heavy atom. The molecule has 1 aromatic carbocycles. The van der Waals surface area contributed by atoms with E-state index in [4.69, 9.17) is 5.26 Å². The minimum absolute atomic E-state index is 0. The Morgan fingerprint density at radius 3 is 2.71 bits per heavy atom. The second-order valence-electron chi connectivity index (χ2n) is 5.29. The number of hydrogen-bond acceptors (Lipinski definition) is 4. The van der Waals surface area contributed by atoms with Crippen molar-refractivity contribution in [3.63, 3.8) is 0 Å². The Labute approximate surface area is 132 Å². The Balaban J connectivity index is 0.00000220. The van der Waals surface area contributed by atoms with Crippen molar-refractivity contribution in [2.24, 2.45) is 0 Å². The zero-order valence-corrected chi connectivity index (χ0v) is 13.7. The third kappa shape index (κ3) is 4.42. The van der Waals surface area contributed by atoms with Crippen LogP contribution in [0.15, 0.2) is 23.1 Å². The minimum atomic E-state index is -3.52. The second-order valence-corrected chi connectivity index (χ2v) is 7.00. The van der Waals surface area contributed by atoms with Gasteiger partial charge in [0.1, 0.15) is 0 Å². The van der Waals surface area contributed by atoms with Crippen molar-refractivity contribution in [2.75, 3.05) is 6.54 Å². The average Bonchev–Trinajstić information content (AvgIpc) is 2.38. The number of piperidine rings is 1. The highest BCUT2D eigenvalue weighted by atomic mass is 35.5. The summed E-state index contributed by atoms with van der Waals surface area (Å²) < 4.78 is 27.4. The average molecular weight is 330 g/mol. The summed E-state index contributed by atoms with van der Waals surface area (Å²) in [5.74, 6) is 0. The van der Waals surface area contributed by atoms with Crippen molar-refractivity contribution < 1.29 is 8.42 Å². The minimum Gasteiger partial charge on any atom is -0.314 e. The van der Waals surface area contributed by atoms with Gasteiger partial charge in [-0.1, -0.05) is 0 Å². The molecule has 1 aliphatic heterocycles. The van der Waals surface area contributed by atoms with Gasteiger partial charge >= 0.3 is 0 Å². The van der Waals surface area contributed by atoms with Crippen molar-refractivity contribution in [1.29, 1.82) is 5.26 Å². The monoisotopic (exact) mass is 329 g/mol. The summed E-state index contributed by atoms with van der Waals surface area (Å²) in [6.45, 7) is 4.61. The summed E-state index contributed by atoms with van der Waals surface area (Å²) in [7, 11) is -3.52. The molecule has 0 aromatic heterocycles. The fraction of sp³-hybridized carbons (Fsp3) is 0.500. The van der Waals surface area contributed by atoms with Crippen LogP contribution in [-0.2, 0) is 10.0 Å². The first-order valence-electron chi connectivity index (χ1n) is 6.69. The third-order valence-electron chi connectivity index (χ3n) is 3.57. The predicted molar refractivity (Wildman–Crippen MR) is 84.0 cm³/mol. The van der Waals surface area contributed by atoms with Gasteiger partial charge < -0.3 is 5.32 Å². The molecule has 5 nitrogen and oxygen atoms in total. The van der Waals surface area contributed by atoms with Crippen LogP contribution < -0.4 is 10.0 Å². The number of aryl methyl sites for hydroxylation is 1. The van der Waals surface area contributed by atoms with Crippen LogP contribution in [0.25, 0.3) is 0 Å². The fourth-order valence-corrected chi connectivity index (χ4v) is 3.82. The van der Waals surface area contributed by atoms with Gasteiger partial charge in [-0.2, -0.15) is 5.26 Å². The molecule has 0 aliphatic carbocycles. The first kappa shape index (κ1) is 17.9. The van der Waals surface area contributed by atoms with Crippen LogP contribution in [0.2, 0.25) is 0 Å². The first-order chi connectivity index (χ1) is 9.42. The van der Waals surface area contributed by atoms with Crippen molar-refractivity contribution >= 4 is 22.4 Å². The van der Waals surface area contributed by atoms with Crippen molar-refractivity contribution in [2.45, 2.75) is 43.7 Å². The highest BCUT2D eigenvalue weighted by molar-refractivity contribution is 7.89. The van der Waals surface area contributed by atoms with Gasteiger partial charge in [0.2, 0.25) is 10.0 Å². The maximum Gasteiger partial charge on any atom is 0.240 e. The molecule has 0 bridgehead atoms. The van der Waals surface area contributed by atoms with E-state index in [1.807, 2.05) is 13.0 Å². The van der Waals surface area contributed by atoms with Crippen molar-refractivity contribution in [3.05, 3.63) is 29.3 Å². The topological polar surface area (TPSA) is 82.0 Å². The number of benzene rings is 1. The molecule has 2 unspecified atom stereocenters. The molecule has 1 saturated heterocycles. The summed E-state index contributed by atoms with van der Waals surface area (Å²) in [6, 6.07) is 6.90. The maximum atomic E-state index is 12.3. The number of hydrogen-bond donors (Lipinski definition) is 2. The van der Waals surface area contributed by atoms with Crippen LogP contribution in [0.5, 0.6) is 0 Å². The lowest BCUT2D eigenvalue weighted by Crippen LogP contribution is -2.46. The van der Waals surface area contributed by atoms with E-state index < -0.39 is 10.0 Å². The van der Waals surface area contributed by atoms with Gasteiger partial charge in [-0.05, 0) is 57.0 Å². The van der Waals surface area contributed by atoms with Crippen LogP contribution in [0.3, 0.4) is 0 Å². The third-order valence-corrected chi connectivity index (χ3v) is 5.09. The highest BCUT2D eigenvalue weighted by Gasteiger charge is 2.24. The largest absolute Gasteiger partial charge is 0.314 e. The molecule has 1 fully saturated rings. The van der Waals surface area contributed by atoms with E-state index in [2.05, 4.69) is 10.0 Å². The summed E-state index contributed by atoms with van der Waals surface area (Å²) in [5.41, 5.74) is 1.17. The van der Waals surface area contributed by atoms with Crippen molar-refractivity contribution in [3.8, 4) is 6.07 Å². The smallest absolute Gasteiger partial charge is 0.240 e. The molecule has 2 N–H and O–H groups in total. The first-order valence-corrected chi connectivity index (χ1v) is 8.17. The Kier molecular flexibility index (Phi) is 6.17. The van der Waals surface area contributed by atoms with E-state index in [1.165, 1.54) is 6.07 Å². The van der Waals surface area contributed by atoms with Crippen LogP contribution in [-0.4, -0.2) is 27.0 Å². The van der Waals surface area contributed by atoms with Gasteiger partial charge in [-0.3, -0.25) is 0 Å². The highest BCUT2D eigenvalue weighted by Crippen LogP contribution is 2.17. The fourth-order valence-electron chi connectivity index (χ4n) is 2.46. The zero-order chi connectivity index (χ0) is 14.8. The number of nitrogens with one attached hydrogen (secondary N) is 2. The van der Waals surface area contributed by atoms with Crippen molar-refractivity contribution in [1.82, 2.24) is 10.0 Å². The van der Waals surface area contributed by atoms with Crippen LogP contribution in [0.1, 0.15) is 30.9 Å². The van der Waals surface area contributed by atoms with E-state index in [9.17, 15) is 8.42 Å². The molecule has 21 heavy (non-hydrogen) atoms. The van der Waals surface area contributed by atoms with Gasteiger partial charge in [-0.15, -0.1) is 12.4 Å². The normalized spacial score (nSPS) is 22.1. The van der Waals surface area contributed by atoms with Gasteiger partial charge in [0.05, 0.1) is 16.5 Å². The Hall–Kier alpha value is -1.13. The molecule has 1 heterocycles. The molecule has 2 rings (SSSR count). The SMILES string of the molecule is Cc1cc(S(=O)(=O)NC2CCNC(C)C2)ccc1C#N.Cl. The van der Waals surface area contributed by atoms with Gasteiger partial charge in [0, 0.05) is 12.1 Å². The number of rotatable bonds is 3. The molecule has 0 spiro atoms. The molecule has 1 aromatic rings. The zero-order valence-electron chi connectivity index (χ0n) is 12.1. The molecule has 1 aliphatic rings. The molecular weight excluding hydrogens is 310 g/mol. The molecule has 2 atom stereocenters. The van der Waals surface area contributed by atoms with E-state index in [1.54, 1.807) is 19.1 Å². The Bertz CT molecular complexity index is 640. The standard InChI is InChI=1S/C14H19N3O2S.ClH/c1-10-7-14(4-3-12(10)9-15)20(18,19)17-13-5-6-16-11(2)8-13;/h3-4,7,11,13,16-17H,5-6,8H2,1-2H3;1H. The van der Waals surface area contributed by atoms with Crippen LogP contribution in [0, 0.1) is 18.3 Å². The summed E-state index contributed by atoms with van der Waals surface area (Å²) in [6.07, 6.45) is 1.58. The predicted octanol–water partition coefficient (Wildman–Crippen LogP) is 1.71. The number of nitrogens with zero attached hydrogens (tertiary/aromatic N) is 1. The molecule has 7 heteroatoms. The lowest BCUT2D eigenvalue weighted by Gasteiger charge is -2.28. The maximum absolute atomic E-state index is 12.3. The molecule has 0 amide bonds. The lowest BCUT2D eigenvalue weighted by atomic mass is 10.0. The van der Waals surface area contributed by atoms with Gasteiger partial charge in [0.15, 0.2) is 0 Å². The molecule has 116 valence electrons. The summed E-state index contributed by atoms with van der Waals surface area (Å²) in [4.78, 5) is 0.222. The number of sulfonamides is 1. The van der Waals surface area contributed by atoms with E-state index >= 15 is 0 Å². The Morgan fingerprint density at radius 2 is 2.14 bits per heavy atom. The van der Waals surface area contributed by atoms with Crippen LogP contribution >= 0.6 is 12.4 Å². The van der Waals surface area contributed by atoms with E-state index in [0.29, 0.717) is 17.2 Å². The molecule has 0 saturated carbocycles. The van der Waals surface area contributed by atoms with Gasteiger partial charge in [-0.25, -0.2) is 13.1 Å². The number of halogens is 1.